The lowest BCUT2D eigenvalue weighted by Gasteiger charge is -2.04. The minimum Gasteiger partial charge on any atom is -0.388 e. The van der Waals surface area contributed by atoms with Crippen molar-refractivity contribution >= 4 is 6.29 Å². The quantitative estimate of drug-likeness (QED) is 0.701. The van der Waals surface area contributed by atoms with Gasteiger partial charge in [-0.2, -0.15) is 0 Å². The molecule has 0 aliphatic heterocycles. The van der Waals surface area contributed by atoms with E-state index in [2.05, 4.69) is 0 Å². The third-order valence-corrected chi connectivity index (χ3v) is 1.46. The Hall–Kier alpha value is -1.15. The molecule has 0 spiro atoms. The molecule has 0 heterocycles. The summed E-state index contributed by atoms with van der Waals surface area (Å²) in [4.78, 5) is 9.90. The fraction of sp³-hybridized carbons (Fsp3) is 0.222. The summed E-state index contributed by atoms with van der Waals surface area (Å²) >= 11 is 0. The van der Waals surface area contributed by atoms with Crippen molar-refractivity contribution in [2.75, 3.05) is 0 Å². The van der Waals surface area contributed by atoms with Crippen LogP contribution in [-0.4, -0.2) is 11.4 Å². The standard InChI is InChI=1S/C9H9O2/c10-7-6-9(11)8-4-2-1-3-5-8/h1-5,9,11H,6H2. The first kappa shape index (κ1) is 7.95. The van der Waals surface area contributed by atoms with Crippen molar-refractivity contribution in [2.45, 2.75) is 12.5 Å². The Balaban J connectivity index is 2.68. The topological polar surface area (TPSA) is 37.3 Å². The molecule has 1 unspecified atom stereocenters. The van der Waals surface area contributed by atoms with Crippen LogP contribution in [0, 0.1) is 0 Å². The molecule has 1 aromatic rings. The summed E-state index contributed by atoms with van der Waals surface area (Å²) in [6.07, 6.45) is 1.01. The smallest absolute Gasteiger partial charge is 0.201 e. The highest BCUT2D eigenvalue weighted by atomic mass is 16.3. The van der Waals surface area contributed by atoms with E-state index in [4.69, 9.17) is 0 Å². The van der Waals surface area contributed by atoms with Gasteiger partial charge in [0.1, 0.15) is 0 Å². The highest BCUT2D eigenvalue weighted by Crippen LogP contribution is 2.13. The molecule has 1 aromatic carbocycles. The molecule has 1 radical (unpaired) electrons. The van der Waals surface area contributed by atoms with Crippen LogP contribution in [0.3, 0.4) is 0 Å². The number of rotatable bonds is 3. The molecule has 57 valence electrons. The Bertz CT molecular complexity index is 218. The van der Waals surface area contributed by atoms with E-state index in [0.29, 0.717) is 0 Å². The first-order valence-electron chi connectivity index (χ1n) is 3.42. The minimum atomic E-state index is -0.700. The Morgan fingerprint density at radius 1 is 1.36 bits per heavy atom. The molecule has 0 fully saturated rings. The Morgan fingerprint density at radius 3 is 2.55 bits per heavy atom. The third-order valence-electron chi connectivity index (χ3n) is 1.46. The van der Waals surface area contributed by atoms with Gasteiger partial charge >= 0.3 is 0 Å². The monoisotopic (exact) mass is 149 g/mol. The molecule has 11 heavy (non-hydrogen) atoms. The molecule has 1 N–H and O–H groups in total. The lowest BCUT2D eigenvalue weighted by atomic mass is 10.1. The van der Waals surface area contributed by atoms with Crippen molar-refractivity contribution < 1.29 is 9.90 Å². The van der Waals surface area contributed by atoms with E-state index < -0.39 is 6.10 Å². The Labute approximate surface area is 65.5 Å². The average Bonchev–Trinajstić information content (AvgIpc) is 2.07. The van der Waals surface area contributed by atoms with Crippen LogP contribution < -0.4 is 0 Å². The highest BCUT2D eigenvalue weighted by Gasteiger charge is 2.04. The van der Waals surface area contributed by atoms with E-state index in [1.54, 1.807) is 18.4 Å². The van der Waals surface area contributed by atoms with Gasteiger partial charge in [0.05, 0.1) is 6.10 Å². The molecule has 0 saturated carbocycles. The van der Waals surface area contributed by atoms with Gasteiger partial charge in [-0.05, 0) is 5.56 Å². The van der Waals surface area contributed by atoms with Crippen molar-refractivity contribution in [3.05, 3.63) is 35.9 Å². The maximum absolute atomic E-state index is 9.90. The van der Waals surface area contributed by atoms with Gasteiger partial charge in [-0.25, -0.2) is 0 Å². The van der Waals surface area contributed by atoms with E-state index in [-0.39, 0.29) is 6.42 Å². The molecular weight excluding hydrogens is 140 g/mol. The van der Waals surface area contributed by atoms with E-state index in [0.717, 1.165) is 5.56 Å². The molecule has 0 saturated heterocycles. The molecule has 0 bridgehead atoms. The number of aliphatic hydroxyl groups is 1. The van der Waals surface area contributed by atoms with Crippen molar-refractivity contribution in [2.24, 2.45) is 0 Å². The van der Waals surface area contributed by atoms with Crippen LogP contribution >= 0.6 is 0 Å². The second-order valence-electron chi connectivity index (χ2n) is 2.27. The second kappa shape index (κ2) is 3.88. The van der Waals surface area contributed by atoms with Crippen LogP contribution in [0.25, 0.3) is 0 Å². The summed E-state index contributed by atoms with van der Waals surface area (Å²) in [6, 6.07) is 9.07. The van der Waals surface area contributed by atoms with Crippen LogP contribution in [0.4, 0.5) is 0 Å². The SMILES string of the molecule is O=[C]CC(O)c1ccccc1. The minimum absolute atomic E-state index is 0.0456. The van der Waals surface area contributed by atoms with Gasteiger partial charge in [0.25, 0.3) is 0 Å². The summed E-state index contributed by atoms with van der Waals surface area (Å²) in [5, 5.41) is 9.26. The van der Waals surface area contributed by atoms with E-state index in [1.807, 2.05) is 18.2 Å². The van der Waals surface area contributed by atoms with Crippen LogP contribution in [0.15, 0.2) is 30.3 Å². The molecule has 1 rings (SSSR count). The van der Waals surface area contributed by atoms with Crippen LogP contribution in [0.2, 0.25) is 0 Å². The molecule has 0 aromatic heterocycles. The molecule has 2 nitrogen and oxygen atoms in total. The number of hydrogen-bond donors (Lipinski definition) is 1. The first-order chi connectivity index (χ1) is 5.34. The van der Waals surface area contributed by atoms with Crippen LogP contribution in [-0.2, 0) is 4.79 Å². The van der Waals surface area contributed by atoms with E-state index in [1.165, 1.54) is 0 Å². The lowest BCUT2D eigenvalue weighted by Crippen LogP contribution is -1.96. The normalized spacial score (nSPS) is 12.5. The van der Waals surface area contributed by atoms with Gasteiger partial charge in [-0.1, -0.05) is 30.3 Å². The number of carbonyl (C=O) groups excluding carboxylic acids is 1. The number of benzene rings is 1. The summed E-state index contributed by atoms with van der Waals surface area (Å²) in [5.74, 6) is 0. The zero-order valence-corrected chi connectivity index (χ0v) is 6.03. The largest absolute Gasteiger partial charge is 0.388 e. The zero-order chi connectivity index (χ0) is 8.10. The summed E-state index contributed by atoms with van der Waals surface area (Å²) < 4.78 is 0. The van der Waals surface area contributed by atoms with Crippen molar-refractivity contribution in [1.82, 2.24) is 0 Å². The highest BCUT2D eigenvalue weighted by molar-refractivity contribution is 5.51. The van der Waals surface area contributed by atoms with E-state index in [9.17, 15) is 9.90 Å². The second-order valence-corrected chi connectivity index (χ2v) is 2.27. The molecule has 0 aliphatic rings. The number of hydrogen-bond acceptors (Lipinski definition) is 2. The summed E-state index contributed by atoms with van der Waals surface area (Å²) in [5.41, 5.74) is 0.760. The Kier molecular flexibility index (Phi) is 2.81. The fourth-order valence-corrected chi connectivity index (χ4v) is 0.872. The van der Waals surface area contributed by atoms with Gasteiger partial charge in [-0.3, -0.25) is 4.79 Å². The summed E-state index contributed by atoms with van der Waals surface area (Å²) in [6.45, 7) is 0. The van der Waals surface area contributed by atoms with Crippen molar-refractivity contribution in [1.29, 1.82) is 0 Å². The average molecular weight is 149 g/mol. The van der Waals surface area contributed by atoms with Crippen LogP contribution in [0.5, 0.6) is 0 Å². The maximum atomic E-state index is 9.90. The molecule has 0 amide bonds. The predicted octanol–water partition coefficient (Wildman–Crippen LogP) is 1.22. The van der Waals surface area contributed by atoms with Crippen molar-refractivity contribution in [3.8, 4) is 0 Å². The van der Waals surface area contributed by atoms with Gasteiger partial charge in [0, 0.05) is 6.42 Å². The number of aliphatic hydroxyl groups excluding tert-OH is 1. The van der Waals surface area contributed by atoms with Gasteiger partial charge in [-0.15, -0.1) is 0 Å². The summed E-state index contributed by atoms with van der Waals surface area (Å²) in [7, 11) is 0. The zero-order valence-electron chi connectivity index (χ0n) is 6.03. The van der Waals surface area contributed by atoms with Crippen molar-refractivity contribution in [3.63, 3.8) is 0 Å². The van der Waals surface area contributed by atoms with E-state index >= 15 is 0 Å². The van der Waals surface area contributed by atoms with Gasteiger partial charge < -0.3 is 5.11 Å². The van der Waals surface area contributed by atoms with Crippen LogP contribution in [0.1, 0.15) is 18.1 Å². The molecular formula is C9H9O2. The fourth-order valence-electron chi connectivity index (χ4n) is 0.872. The maximum Gasteiger partial charge on any atom is 0.201 e. The molecule has 0 aliphatic carbocycles. The van der Waals surface area contributed by atoms with Gasteiger partial charge in [0.2, 0.25) is 6.29 Å². The third kappa shape index (κ3) is 2.16. The predicted molar refractivity (Wildman–Crippen MR) is 41.7 cm³/mol. The molecule has 1 atom stereocenters. The molecule has 2 heteroatoms. The first-order valence-corrected chi connectivity index (χ1v) is 3.42. The Morgan fingerprint density at radius 2 is 2.00 bits per heavy atom. The van der Waals surface area contributed by atoms with Gasteiger partial charge in [0.15, 0.2) is 0 Å². The lowest BCUT2D eigenvalue weighted by molar-refractivity contribution is 0.185.